The molecule has 0 atom stereocenters. The van der Waals surface area contributed by atoms with Crippen LogP contribution in [0.5, 0.6) is 0 Å². The molecule has 2 N–H and O–H groups in total. The van der Waals surface area contributed by atoms with Crippen molar-refractivity contribution in [1.29, 1.82) is 5.26 Å². The van der Waals surface area contributed by atoms with Gasteiger partial charge in [0.2, 0.25) is 5.95 Å². The molecule has 0 aliphatic rings. The summed E-state index contributed by atoms with van der Waals surface area (Å²) >= 11 is 0. The molecule has 4 nitrogen and oxygen atoms in total. The van der Waals surface area contributed by atoms with Crippen LogP contribution < -0.4 is 5.73 Å². The van der Waals surface area contributed by atoms with Crippen LogP contribution >= 0.6 is 0 Å². The summed E-state index contributed by atoms with van der Waals surface area (Å²) in [4.78, 5) is 4.38. The number of unbranched alkanes of at least 4 members (excludes halogenated alkanes) is 2. The number of aromatic nitrogens is 2. The maximum absolute atomic E-state index is 9.17. The van der Waals surface area contributed by atoms with Crippen molar-refractivity contribution >= 4 is 17.0 Å². The quantitative estimate of drug-likeness (QED) is 0.812. The molecule has 0 radical (unpaired) electrons. The van der Waals surface area contributed by atoms with Crippen molar-refractivity contribution in [3.8, 4) is 6.07 Å². The number of imidazole rings is 1. The van der Waals surface area contributed by atoms with Gasteiger partial charge >= 0.3 is 0 Å². The molecular formula is C17H24N4. The Morgan fingerprint density at radius 3 is 2.76 bits per heavy atom. The highest BCUT2D eigenvalue weighted by Crippen LogP contribution is 2.30. The zero-order chi connectivity index (χ0) is 15.5. The fraction of sp³-hybridized carbons (Fsp3) is 0.529. The van der Waals surface area contributed by atoms with Gasteiger partial charge in [-0.25, -0.2) is 4.98 Å². The SMILES string of the molecule is CCCCCC(C)(C)Cn1c(N)nc2c(C#N)cccc21. The first-order chi connectivity index (χ1) is 9.98. The van der Waals surface area contributed by atoms with E-state index in [0.29, 0.717) is 17.0 Å². The van der Waals surface area contributed by atoms with Gasteiger partial charge in [-0.3, -0.25) is 0 Å². The Hall–Kier alpha value is -2.02. The van der Waals surface area contributed by atoms with Gasteiger partial charge in [0, 0.05) is 6.54 Å². The molecule has 1 aromatic carbocycles. The predicted molar refractivity (Wildman–Crippen MR) is 86.8 cm³/mol. The van der Waals surface area contributed by atoms with E-state index >= 15 is 0 Å². The highest BCUT2D eigenvalue weighted by molar-refractivity contribution is 5.83. The van der Waals surface area contributed by atoms with Crippen LogP contribution in [0.4, 0.5) is 5.95 Å². The highest BCUT2D eigenvalue weighted by atomic mass is 15.2. The van der Waals surface area contributed by atoms with E-state index in [1.54, 1.807) is 6.07 Å². The fourth-order valence-electron chi connectivity index (χ4n) is 2.78. The van der Waals surface area contributed by atoms with E-state index in [0.717, 1.165) is 18.5 Å². The summed E-state index contributed by atoms with van der Waals surface area (Å²) in [5.41, 5.74) is 8.50. The lowest BCUT2D eigenvalue weighted by molar-refractivity contribution is 0.276. The maximum atomic E-state index is 9.17. The number of rotatable bonds is 6. The summed E-state index contributed by atoms with van der Waals surface area (Å²) < 4.78 is 2.04. The third-order valence-electron chi connectivity index (χ3n) is 3.97. The highest BCUT2D eigenvalue weighted by Gasteiger charge is 2.21. The minimum Gasteiger partial charge on any atom is -0.369 e. The van der Waals surface area contributed by atoms with Gasteiger partial charge in [0.25, 0.3) is 0 Å². The maximum Gasteiger partial charge on any atom is 0.201 e. The number of fused-ring (bicyclic) bond motifs is 1. The van der Waals surface area contributed by atoms with Gasteiger partial charge in [-0.1, -0.05) is 46.1 Å². The van der Waals surface area contributed by atoms with E-state index in [-0.39, 0.29) is 5.41 Å². The van der Waals surface area contributed by atoms with Gasteiger partial charge in [-0.2, -0.15) is 5.26 Å². The molecule has 21 heavy (non-hydrogen) atoms. The first kappa shape index (κ1) is 15.4. The standard InChI is InChI=1S/C17H24N4/c1-4-5-6-10-17(2,3)12-21-14-9-7-8-13(11-18)15(14)20-16(21)19/h7-9H,4-6,10,12H2,1-3H3,(H2,19,20). The molecule has 0 unspecified atom stereocenters. The number of benzene rings is 1. The summed E-state index contributed by atoms with van der Waals surface area (Å²) in [6.45, 7) is 7.58. The van der Waals surface area contributed by atoms with E-state index in [1.807, 2.05) is 16.7 Å². The molecule has 2 rings (SSSR count). The van der Waals surface area contributed by atoms with Crippen molar-refractivity contribution in [3.63, 3.8) is 0 Å². The second kappa shape index (κ2) is 6.17. The topological polar surface area (TPSA) is 67.6 Å². The number of nitrogens with zero attached hydrogens (tertiary/aromatic N) is 3. The molecular weight excluding hydrogens is 260 g/mol. The van der Waals surface area contributed by atoms with E-state index in [2.05, 4.69) is 31.8 Å². The molecule has 0 aliphatic heterocycles. The van der Waals surface area contributed by atoms with Crippen LogP contribution in [0.3, 0.4) is 0 Å². The number of nitriles is 1. The minimum atomic E-state index is 0.166. The first-order valence-corrected chi connectivity index (χ1v) is 7.63. The Bertz CT molecular complexity index is 661. The van der Waals surface area contributed by atoms with Gasteiger partial charge < -0.3 is 10.3 Å². The molecule has 4 heteroatoms. The Balaban J connectivity index is 2.30. The van der Waals surface area contributed by atoms with Crippen LogP contribution in [0, 0.1) is 16.7 Å². The van der Waals surface area contributed by atoms with Crippen LogP contribution in [0.1, 0.15) is 52.0 Å². The normalized spacial score (nSPS) is 11.7. The fourth-order valence-corrected chi connectivity index (χ4v) is 2.78. The molecule has 0 aliphatic carbocycles. The van der Waals surface area contributed by atoms with Crippen molar-refractivity contribution in [1.82, 2.24) is 9.55 Å². The number of hydrogen-bond donors (Lipinski definition) is 1. The summed E-state index contributed by atoms with van der Waals surface area (Å²) in [6.07, 6.45) is 4.90. The van der Waals surface area contributed by atoms with Crippen LogP contribution in [-0.4, -0.2) is 9.55 Å². The summed E-state index contributed by atoms with van der Waals surface area (Å²) in [7, 11) is 0. The lowest BCUT2D eigenvalue weighted by atomic mass is 9.86. The number of hydrogen-bond acceptors (Lipinski definition) is 3. The number of nitrogens with two attached hydrogens (primary N) is 1. The molecule has 2 aromatic rings. The first-order valence-electron chi connectivity index (χ1n) is 7.63. The van der Waals surface area contributed by atoms with E-state index in [9.17, 15) is 5.26 Å². The van der Waals surface area contributed by atoms with Gasteiger partial charge in [0.1, 0.15) is 11.6 Å². The monoisotopic (exact) mass is 284 g/mol. The minimum absolute atomic E-state index is 0.166. The molecule has 0 bridgehead atoms. The molecule has 0 fully saturated rings. The van der Waals surface area contributed by atoms with Gasteiger partial charge in [0.15, 0.2) is 0 Å². The van der Waals surface area contributed by atoms with E-state index in [1.165, 1.54) is 19.3 Å². The van der Waals surface area contributed by atoms with E-state index < -0.39 is 0 Å². The van der Waals surface area contributed by atoms with Crippen molar-refractivity contribution in [2.45, 2.75) is 53.0 Å². The van der Waals surface area contributed by atoms with Gasteiger partial charge in [-0.15, -0.1) is 0 Å². The van der Waals surface area contributed by atoms with E-state index in [4.69, 9.17) is 5.73 Å². The van der Waals surface area contributed by atoms with Crippen molar-refractivity contribution in [2.75, 3.05) is 5.73 Å². The average molecular weight is 284 g/mol. The third-order valence-corrected chi connectivity index (χ3v) is 3.97. The molecule has 0 saturated carbocycles. The Labute approximate surface area is 126 Å². The lowest BCUT2D eigenvalue weighted by Crippen LogP contribution is -2.20. The lowest BCUT2D eigenvalue weighted by Gasteiger charge is -2.26. The molecule has 112 valence electrons. The second-order valence-corrected chi connectivity index (χ2v) is 6.46. The number of para-hydroxylation sites is 1. The largest absolute Gasteiger partial charge is 0.369 e. The van der Waals surface area contributed by atoms with Crippen molar-refractivity contribution < 1.29 is 0 Å². The zero-order valence-electron chi connectivity index (χ0n) is 13.2. The Morgan fingerprint density at radius 2 is 2.10 bits per heavy atom. The smallest absolute Gasteiger partial charge is 0.201 e. The molecule has 1 aromatic heterocycles. The van der Waals surface area contributed by atoms with Crippen LogP contribution in [0.2, 0.25) is 0 Å². The van der Waals surface area contributed by atoms with Crippen LogP contribution in [-0.2, 0) is 6.54 Å². The third kappa shape index (κ3) is 3.36. The zero-order valence-corrected chi connectivity index (χ0v) is 13.2. The van der Waals surface area contributed by atoms with Crippen molar-refractivity contribution in [2.24, 2.45) is 5.41 Å². The number of nitrogen functional groups attached to an aromatic ring is 1. The number of anilines is 1. The molecule has 0 spiro atoms. The average Bonchev–Trinajstić information content (AvgIpc) is 2.75. The van der Waals surface area contributed by atoms with Crippen molar-refractivity contribution in [3.05, 3.63) is 23.8 Å². The molecule has 0 amide bonds. The van der Waals surface area contributed by atoms with Gasteiger partial charge in [-0.05, 0) is 24.0 Å². The second-order valence-electron chi connectivity index (χ2n) is 6.46. The molecule has 1 heterocycles. The summed E-state index contributed by atoms with van der Waals surface area (Å²) in [6, 6.07) is 7.85. The van der Waals surface area contributed by atoms with Crippen LogP contribution in [0.25, 0.3) is 11.0 Å². The predicted octanol–water partition coefficient (Wildman–Crippen LogP) is 4.10. The summed E-state index contributed by atoms with van der Waals surface area (Å²) in [5, 5.41) is 9.17. The van der Waals surface area contributed by atoms with Crippen LogP contribution in [0.15, 0.2) is 18.2 Å². The Kier molecular flexibility index (Phi) is 4.52. The van der Waals surface area contributed by atoms with Gasteiger partial charge in [0.05, 0.1) is 11.1 Å². The Morgan fingerprint density at radius 1 is 1.33 bits per heavy atom. The summed E-state index contributed by atoms with van der Waals surface area (Å²) in [5.74, 6) is 0.497. The molecule has 0 saturated heterocycles.